The lowest BCUT2D eigenvalue weighted by molar-refractivity contribution is -0.133. The highest BCUT2D eigenvalue weighted by atomic mass is 35.5. The summed E-state index contributed by atoms with van der Waals surface area (Å²) in [5.74, 6) is -5.48. The average molecular weight is 598 g/mol. The number of hydrogen-bond acceptors (Lipinski definition) is 4. The fourth-order valence-electron chi connectivity index (χ4n) is 5.14. The first-order valence-corrected chi connectivity index (χ1v) is 13.1. The minimum absolute atomic E-state index is 0. The van der Waals surface area contributed by atoms with E-state index in [1.165, 1.54) is 48.7 Å². The minimum Gasteiger partial charge on any atom is -0.351 e. The Morgan fingerprint density at radius 3 is 2.55 bits per heavy atom. The number of benzene rings is 2. The van der Waals surface area contributed by atoms with E-state index in [-0.39, 0.29) is 48.0 Å². The van der Waals surface area contributed by atoms with Gasteiger partial charge in [0.25, 0.3) is 11.8 Å². The van der Waals surface area contributed by atoms with Crippen molar-refractivity contribution < 1.29 is 27.6 Å². The lowest BCUT2D eigenvalue weighted by atomic mass is 9.87. The summed E-state index contributed by atoms with van der Waals surface area (Å²) in [6.07, 6.45) is 0.261. The van der Waals surface area contributed by atoms with Crippen LogP contribution in [0.4, 0.5) is 30.4 Å². The van der Waals surface area contributed by atoms with Gasteiger partial charge in [-0.3, -0.25) is 24.2 Å². The van der Waals surface area contributed by atoms with E-state index in [0.717, 1.165) is 15.9 Å². The summed E-state index contributed by atoms with van der Waals surface area (Å²) in [5.41, 5.74) is 0.379. The number of halogens is 4. The van der Waals surface area contributed by atoms with E-state index in [4.69, 9.17) is 18.2 Å². The van der Waals surface area contributed by atoms with Crippen molar-refractivity contribution in [1.29, 1.82) is 0 Å². The maximum absolute atomic E-state index is 14.5. The summed E-state index contributed by atoms with van der Waals surface area (Å²) >= 11 is 6.49. The van der Waals surface area contributed by atoms with Gasteiger partial charge in [0.15, 0.2) is 5.69 Å². The van der Waals surface area contributed by atoms with Crippen LogP contribution < -0.4 is 15.1 Å². The highest BCUT2D eigenvalue weighted by Gasteiger charge is 2.48. The molecule has 1 saturated carbocycles. The van der Waals surface area contributed by atoms with Crippen molar-refractivity contribution in [1.82, 2.24) is 10.3 Å². The molecule has 2 aromatic carbocycles. The van der Waals surface area contributed by atoms with Crippen LogP contribution in [0.2, 0.25) is 5.02 Å². The van der Waals surface area contributed by atoms with Gasteiger partial charge in [-0.2, -0.15) is 0 Å². The topological polar surface area (TPSA) is 87.0 Å². The SMILES string of the molecule is C.[C-]#[N+]c1ccnc(N2C(=O)CC[C@H]2C(=O)N(c2cccc(F)c2)[C@H](C(=O)NC2CC(F)(F)C2)c2ccccc2Cl)c1. The average Bonchev–Trinajstić information content (AvgIpc) is 3.32. The second kappa shape index (κ2) is 12.2. The normalized spacial score (nSPS) is 18.3. The number of nitrogens with one attached hydrogen (secondary N) is 1. The van der Waals surface area contributed by atoms with Crippen molar-refractivity contribution in [3.8, 4) is 0 Å². The van der Waals surface area contributed by atoms with Crippen LogP contribution in [0.5, 0.6) is 0 Å². The molecule has 2 aliphatic rings. The van der Waals surface area contributed by atoms with Crippen molar-refractivity contribution in [2.75, 3.05) is 9.80 Å². The molecule has 42 heavy (non-hydrogen) atoms. The van der Waals surface area contributed by atoms with Gasteiger partial charge >= 0.3 is 0 Å². The zero-order chi connectivity index (χ0) is 29.3. The van der Waals surface area contributed by atoms with E-state index in [9.17, 15) is 27.6 Å². The predicted octanol–water partition coefficient (Wildman–Crippen LogP) is 6.24. The zero-order valence-corrected chi connectivity index (χ0v) is 22.2. The monoisotopic (exact) mass is 597 g/mol. The Bertz CT molecular complexity index is 1550. The van der Waals surface area contributed by atoms with Crippen LogP contribution in [0, 0.1) is 12.4 Å². The highest BCUT2D eigenvalue weighted by molar-refractivity contribution is 6.31. The lowest BCUT2D eigenvalue weighted by Gasteiger charge is -2.39. The molecule has 8 nitrogen and oxygen atoms in total. The molecule has 2 heterocycles. The van der Waals surface area contributed by atoms with Crippen LogP contribution in [-0.2, 0) is 14.4 Å². The van der Waals surface area contributed by atoms with Crippen LogP contribution in [0.25, 0.3) is 4.85 Å². The number of nitrogens with zero attached hydrogens (tertiary/aromatic N) is 4. The minimum atomic E-state index is -2.91. The Hall–Kier alpha value is -4.43. The highest BCUT2D eigenvalue weighted by Crippen LogP contribution is 2.40. The molecule has 0 unspecified atom stereocenters. The molecule has 0 spiro atoms. The van der Waals surface area contributed by atoms with Gasteiger partial charge in [0.1, 0.15) is 23.7 Å². The molecule has 1 aliphatic carbocycles. The van der Waals surface area contributed by atoms with Crippen LogP contribution in [-0.4, -0.2) is 40.7 Å². The third kappa shape index (κ3) is 6.09. The van der Waals surface area contributed by atoms with Crippen molar-refractivity contribution >= 4 is 46.5 Å². The van der Waals surface area contributed by atoms with Gasteiger partial charge in [-0.15, -0.1) is 0 Å². The number of alkyl halides is 2. The summed E-state index contributed by atoms with van der Waals surface area (Å²) < 4.78 is 41.7. The van der Waals surface area contributed by atoms with Gasteiger partial charge in [-0.05, 0) is 42.8 Å². The quantitative estimate of drug-likeness (QED) is 0.327. The first-order valence-electron chi connectivity index (χ1n) is 12.7. The summed E-state index contributed by atoms with van der Waals surface area (Å²) in [4.78, 5) is 51.0. The summed E-state index contributed by atoms with van der Waals surface area (Å²) in [5, 5.41) is 2.70. The van der Waals surface area contributed by atoms with E-state index in [1.807, 2.05) is 0 Å². The van der Waals surface area contributed by atoms with E-state index in [0.29, 0.717) is 0 Å². The molecular weight excluding hydrogens is 571 g/mol. The van der Waals surface area contributed by atoms with E-state index in [1.54, 1.807) is 12.1 Å². The Balaban J connectivity index is 0.00000405. The largest absolute Gasteiger partial charge is 0.351 e. The number of aromatic nitrogens is 1. The number of hydrogen-bond donors (Lipinski definition) is 1. The molecule has 5 rings (SSSR count). The van der Waals surface area contributed by atoms with Gasteiger partial charge in [-0.1, -0.05) is 43.3 Å². The Kier molecular flexibility index (Phi) is 8.87. The van der Waals surface area contributed by atoms with Crippen molar-refractivity contribution in [2.45, 2.75) is 57.2 Å². The summed E-state index contributed by atoms with van der Waals surface area (Å²) in [6, 6.07) is 10.6. The van der Waals surface area contributed by atoms with Crippen LogP contribution in [0.1, 0.15) is 44.7 Å². The summed E-state index contributed by atoms with van der Waals surface area (Å²) in [7, 11) is 0. The number of pyridine rings is 1. The second-order valence-electron chi connectivity index (χ2n) is 9.88. The van der Waals surface area contributed by atoms with Gasteiger partial charge in [0, 0.05) is 47.8 Å². The molecule has 0 bridgehead atoms. The third-order valence-corrected chi connectivity index (χ3v) is 7.41. The Labute approximate surface area is 245 Å². The van der Waals surface area contributed by atoms with Crippen molar-refractivity contribution in [3.63, 3.8) is 0 Å². The number of rotatable bonds is 7. The molecule has 1 N–H and O–H groups in total. The molecule has 2 fully saturated rings. The Morgan fingerprint density at radius 1 is 1.14 bits per heavy atom. The summed E-state index contributed by atoms with van der Waals surface area (Å²) in [6.45, 7) is 7.30. The molecule has 218 valence electrons. The maximum Gasteiger partial charge on any atom is 0.252 e. The molecule has 1 aliphatic heterocycles. The molecule has 3 aromatic rings. The van der Waals surface area contributed by atoms with Crippen LogP contribution in [0.15, 0.2) is 66.9 Å². The van der Waals surface area contributed by atoms with Gasteiger partial charge in [-0.25, -0.2) is 23.0 Å². The first kappa shape index (κ1) is 30.5. The number of carbonyl (C=O) groups excluding carboxylic acids is 3. The molecule has 0 radical (unpaired) electrons. The predicted molar refractivity (Wildman–Crippen MR) is 152 cm³/mol. The lowest BCUT2D eigenvalue weighted by Crippen LogP contribution is -2.56. The molecule has 3 amide bonds. The number of carbonyl (C=O) groups is 3. The zero-order valence-electron chi connectivity index (χ0n) is 21.4. The van der Waals surface area contributed by atoms with Crippen molar-refractivity contribution in [2.24, 2.45) is 0 Å². The molecule has 2 atom stereocenters. The van der Waals surface area contributed by atoms with E-state index >= 15 is 0 Å². The Morgan fingerprint density at radius 2 is 1.88 bits per heavy atom. The van der Waals surface area contributed by atoms with Gasteiger partial charge < -0.3 is 5.32 Å². The fraction of sp³-hybridized carbons (Fsp3) is 0.300. The maximum atomic E-state index is 14.5. The number of anilines is 2. The van der Waals surface area contributed by atoms with Crippen LogP contribution >= 0.6 is 11.6 Å². The molecule has 1 aromatic heterocycles. The smallest absolute Gasteiger partial charge is 0.252 e. The van der Waals surface area contributed by atoms with Gasteiger partial charge in [0.2, 0.25) is 11.8 Å². The second-order valence-corrected chi connectivity index (χ2v) is 10.3. The standard InChI is InChI=1S/C29H23ClF3N5O3.CH4/c1-34-18-11-12-35-24(14-18)38-23(9-10-25(38)39)28(41)37(20-6-4-5-17(31)13-20)26(21-7-2-3-8-22(21)30)27(40)36-19-15-29(32,33)16-19;/h2-8,11-14,19,23,26H,9-10,15-16H2,(H,36,40);1H4/t23-,26-;/m0./s1. The van der Waals surface area contributed by atoms with E-state index in [2.05, 4.69) is 15.1 Å². The first-order chi connectivity index (χ1) is 19.6. The van der Waals surface area contributed by atoms with Gasteiger partial charge in [0.05, 0.1) is 6.57 Å². The third-order valence-electron chi connectivity index (χ3n) is 7.07. The van der Waals surface area contributed by atoms with Crippen molar-refractivity contribution in [3.05, 3.63) is 94.7 Å². The van der Waals surface area contributed by atoms with Crippen LogP contribution in [0.3, 0.4) is 0 Å². The van der Waals surface area contributed by atoms with E-state index < -0.39 is 60.4 Å². The number of amides is 3. The fourth-order valence-corrected chi connectivity index (χ4v) is 5.38. The molecule has 12 heteroatoms. The molecular formula is C30H27ClF3N5O3. The molecule has 1 saturated heterocycles.